The molecule has 2 aromatic carbocycles. The van der Waals surface area contributed by atoms with Gasteiger partial charge in [-0.2, -0.15) is 0 Å². The highest BCUT2D eigenvalue weighted by atomic mass is 35.5. The molecule has 152 valence electrons. The Labute approximate surface area is 175 Å². The van der Waals surface area contributed by atoms with Crippen LogP contribution in [0, 0.1) is 0 Å². The van der Waals surface area contributed by atoms with Gasteiger partial charge in [0.15, 0.2) is 0 Å². The molecule has 0 unspecified atom stereocenters. The van der Waals surface area contributed by atoms with Gasteiger partial charge in [-0.25, -0.2) is 0 Å². The number of carbonyl (C=O) groups is 2. The van der Waals surface area contributed by atoms with E-state index in [0.29, 0.717) is 42.7 Å². The molecule has 0 spiro atoms. The third-order valence-electron chi connectivity index (χ3n) is 5.39. The van der Waals surface area contributed by atoms with Crippen LogP contribution in [0.4, 0.5) is 11.4 Å². The summed E-state index contributed by atoms with van der Waals surface area (Å²) in [5.74, 6) is 0.607. The summed E-state index contributed by atoms with van der Waals surface area (Å²) >= 11 is 6.07. The normalized spacial score (nSPS) is 16.2. The second kappa shape index (κ2) is 8.74. The molecule has 0 aromatic heterocycles. The maximum atomic E-state index is 12.7. The van der Waals surface area contributed by atoms with Crippen molar-refractivity contribution in [2.24, 2.45) is 0 Å². The number of hydrogen-bond donors (Lipinski definition) is 0. The smallest absolute Gasteiger partial charge is 0.227 e. The van der Waals surface area contributed by atoms with Crippen molar-refractivity contribution in [3.8, 4) is 5.75 Å². The van der Waals surface area contributed by atoms with Crippen LogP contribution in [-0.2, 0) is 9.59 Å². The van der Waals surface area contributed by atoms with Gasteiger partial charge in [-0.1, -0.05) is 29.8 Å². The lowest BCUT2D eigenvalue weighted by Gasteiger charge is -2.36. The van der Waals surface area contributed by atoms with E-state index in [1.54, 1.807) is 23.1 Å². The topological polar surface area (TPSA) is 53.1 Å². The van der Waals surface area contributed by atoms with Crippen molar-refractivity contribution in [1.29, 1.82) is 0 Å². The van der Waals surface area contributed by atoms with E-state index < -0.39 is 0 Å². The van der Waals surface area contributed by atoms with Gasteiger partial charge in [-0.3, -0.25) is 9.59 Å². The molecule has 2 heterocycles. The number of rotatable bonds is 4. The van der Waals surface area contributed by atoms with E-state index >= 15 is 0 Å². The fourth-order valence-electron chi connectivity index (χ4n) is 3.81. The minimum absolute atomic E-state index is 0.0330. The number of hydrogen-bond acceptors (Lipinski definition) is 4. The number of ether oxygens (including phenoxy) is 1. The molecule has 2 amide bonds. The third kappa shape index (κ3) is 4.48. The largest absolute Gasteiger partial charge is 0.490 e. The molecule has 0 saturated carbocycles. The third-order valence-corrected chi connectivity index (χ3v) is 5.63. The first-order valence-corrected chi connectivity index (χ1v) is 10.3. The lowest BCUT2D eigenvalue weighted by molar-refractivity contribution is -0.133. The number of para-hydroxylation sites is 1. The van der Waals surface area contributed by atoms with E-state index in [2.05, 4.69) is 17.0 Å². The van der Waals surface area contributed by atoms with E-state index in [0.717, 1.165) is 13.1 Å². The Morgan fingerprint density at radius 1 is 0.897 bits per heavy atom. The molecule has 0 radical (unpaired) electrons. The Kier molecular flexibility index (Phi) is 5.90. The zero-order valence-electron chi connectivity index (χ0n) is 16.2. The van der Waals surface area contributed by atoms with Gasteiger partial charge in [0.05, 0.1) is 12.2 Å². The predicted octanol–water partition coefficient (Wildman–Crippen LogP) is 3.19. The van der Waals surface area contributed by atoms with Crippen LogP contribution < -0.4 is 14.5 Å². The maximum Gasteiger partial charge on any atom is 0.227 e. The lowest BCUT2D eigenvalue weighted by Crippen LogP contribution is -2.49. The highest BCUT2D eigenvalue weighted by Gasteiger charge is 2.26. The molecule has 0 aliphatic carbocycles. The van der Waals surface area contributed by atoms with Gasteiger partial charge in [-0.15, -0.1) is 0 Å². The summed E-state index contributed by atoms with van der Waals surface area (Å²) < 4.78 is 5.59. The van der Waals surface area contributed by atoms with Gasteiger partial charge < -0.3 is 19.4 Å². The molecule has 1 saturated heterocycles. The Hall–Kier alpha value is -2.73. The molecule has 0 N–H and O–H groups in total. The van der Waals surface area contributed by atoms with Crippen LogP contribution in [0.3, 0.4) is 0 Å². The first kappa shape index (κ1) is 19.6. The summed E-state index contributed by atoms with van der Waals surface area (Å²) in [5.41, 5.74) is 1.86. The van der Waals surface area contributed by atoms with Gasteiger partial charge in [0.2, 0.25) is 11.8 Å². The van der Waals surface area contributed by atoms with Crippen LogP contribution in [0.15, 0.2) is 48.5 Å². The van der Waals surface area contributed by atoms with E-state index in [1.165, 1.54) is 5.69 Å². The fraction of sp³-hybridized carbons (Fsp3) is 0.364. The highest BCUT2D eigenvalue weighted by Crippen LogP contribution is 2.34. The van der Waals surface area contributed by atoms with Gasteiger partial charge >= 0.3 is 0 Å². The van der Waals surface area contributed by atoms with Crippen molar-refractivity contribution in [2.75, 3.05) is 49.1 Å². The van der Waals surface area contributed by atoms with Crippen molar-refractivity contribution in [1.82, 2.24) is 4.90 Å². The summed E-state index contributed by atoms with van der Waals surface area (Å²) in [6, 6.07) is 15.5. The van der Waals surface area contributed by atoms with E-state index in [9.17, 15) is 9.59 Å². The van der Waals surface area contributed by atoms with Crippen LogP contribution in [0.25, 0.3) is 0 Å². The second-order valence-corrected chi connectivity index (χ2v) is 7.65. The van der Waals surface area contributed by atoms with Crippen LogP contribution in [0.5, 0.6) is 5.75 Å². The molecule has 1 fully saturated rings. The number of anilines is 2. The molecular weight excluding hydrogens is 390 g/mol. The van der Waals surface area contributed by atoms with Gasteiger partial charge in [0, 0.05) is 49.7 Å². The number of nitrogens with zero attached hydrogens (tertiary/aromatic N) is 3. The molecule has 2 aliphatic rings. The Morgan fingerprint density at radius 2 is 1.62 bits per heavy atom. The standard InChI is InChI=1S/C22H24ClN3O3/c23-17-6-7-20-19(16-17)26(14-15-29-20)22(28)9-8-21(27)25-12-10-24(11-13-25)18-4-2-1-3-5-18/h1-7,16H,8-15H2. The molecule has 2 aliphatic heterocycles. The first-order valence-electron chi connectivity index (χ1n) is 9.92. The average Bonchev–Trinajstić information content (AvgIpc) is 2.77. The van der Waals surface area contributed by atoms with Crippen LogP contribution >= 0.6 is 11.6 Å². The zero-order valence-corrected chi connectivity index (χ0v) is 17.0. The Morgan fingerprint density at radius 3 is 2.38 bits per heavy atom. The number of fused-ring (bicyclic) bond motifs is 1. The Bertz CT molecular complexity index is 882. The highest BCUT2D eigenvalue weighted by molar-refractivity contribution is 6.31. The van der Waals surface area contributed by atoms with E-state index in [4.69, 9.17) is 16.3 Å². The minimum Gasteiger partial charge on any atom is -0.490 e. The molecule has 29 heavy (non-hydrogen) atoms. The van der Waals surface area contributed by atoms with Crippen LogP contribution in [0.2, 0.25) is 5.02 Å². The van der Waals surface area contributed by atoms with Crippen LogP contribution in [-0.4, -0.2) is 56.0 Å². The molecule has 2 aromatic rings. The summed E-state index contributed by atoms with van der Waals surface area (Å²) in [6.07, 6.45) is 0.404. The van der Waals surface area contributed by atoms with Crippen molar-refractivity contribution in [2.45, 2.75) is 12.8 Å². The maximum absolute atomic E-state index is 12.7. The van der Waals surface area contributed by atoms with Gasteiger partial charge in [-0.05, 0) is 30.3 Å². The molecule has 7 heteroatoms. The van der Waals surface area contributed by atoms with Gasteiger partial charge in [0.1, 0.15) is 12.4 Å². The van der Waals surface area contributed by atoms with Crippen molar-refractivity contribution >= 4 is 34.8 Å². The monoisotopic (exact) mass is 413 g/mol. The molecule has 6 nitrogen and oxygen atoms in total. The fourth-order valence-corrected chi connectivity index (χ4v) is 3.98. The lowest BCUT2D eigenvalue weighted by atomic mass is 10.1. The first-order chi connectivity index (χ1) is 14.1. The second-order valence-electron chi connectivity index (χ2n) is 7.21. The molecular formula is C22H24ClN3O3. The van der Waals surface area contributed by atoms with Crippen molar-refractivity contribution in [3.05, 3.63) is 53.6 Å². The number of amides is 2. The Balaban J connectivity index is 1.29. The summed E-state index contributed by atoms with van der Waals surface area (Å²) in [5, 5.41) is 0.555. The quantitative estimate of drug-likeness (QED) is 0.772. The number of piperazine rings is 1. The van der Waals surface area contributed by atoms with Gasteiger partial charge in [0.25, 0.3) is 0 Å². The average molecular weight is 414 g/mol. The summed E-state index contributed by atoms with van der Waals surface area (Å²) in [6.45, 7) is 3.87. The van der Waals surface area contributed by atoms with Crippen molar-refractivity contribution in [3.63, 3.8) is 0 Å². The number of halogens is 1. The summed E-state index contributed by atoms with van der Waals surface area (Å²) in [7, 11) is 0. The zero-order chi connectivity index (χ0) is 20.2. The van der Waals surface area contributed by atoms with E-state index in [-0.39, 0.29) is 24.7 Å². The number of benzene rings is 2. The number of carbonyl (C=O) groups excluding carboxylic acids is 2. The summed E-state index contributed by atoms with van der Waals surface area (Å²) in [4.78, 5) is 31.2. The minimum atomic E-state index is -0.0758. The van der Waals surface area contributed by atoms with E-state index in [1.807, 2.05) is 23.1 Å². The molecule has 4 rings (SSSR count). The van der Waals surface area contributed by atoms with Crippen molar-refractivity contribution < 1.29 is 14.3 Å². The molecule has 0 bridgehead atoms. The predicted molar refractivity (Wildman–Crippen MR) is 114 cm³/mol. The molecule has 0 atom stereocenters. The SMILES string of the molecule is O=C(CCC(=O)N1CCOc2ccc(Cl)cc21)N1CCN(c2ccccc2)CC1. The van der Waals surface area contributed by atoms with Crippen LogP contribution in [0.1, 0.15) is 12.8 Å².